The van der Waals surface area contributed by atoms with Gasteiger partial charge in [-0.3, -0.25) is 4.98 Å². The summed E-state index contributed by atoms with van der Waals surface area (Å²) in [4.78, 5) is 10.3. The predicted molar refractivity (Wildman–Crippen MR) is 306 cm³/mol. The van der Waals surface area contributed by atoms with E-state index in [0.717, 1.165) is 52.1 Å². The molecule has 3 heterocycles. The molecule has 0 unspecified atom stereocenters. The Kier molecular flexibility index (Phi) is 14.2. The maximum Gasteiger partial charge on any atom is 0.120 e. The molecule has 0 bridgehead atoms. The number of hydrogen-bond donors (Lipinski definition) is 0. The molecule has 0 saturated heterocycles. The van der Waals surface area contributed by atoms with Gasteiger partial charge in [-0.2, -0.15) is 0 Å². The first kappa shape index (κ1) is 50.4. The number of aromatic nitrogens is 3. The van der Waals surface area contributed by atoms with Crippen LogP contribution >= 0.6 is 0 Å². The molecule has 0 amide bonds. The molecule has 1 fully saturated rings. The minimum Gasteiger partial charge on any atom is -0.501 e. The minimum atomic E-state index is -1.41. The van der Waals surface area contributed by atoms with Crippen LogP contribution in [0.3, 0.4) is 0 Å². The van der Waals surface area contributed by atoms with Gasteiger partial charge in [-0.05, 0) is 111 Å². The van der Waals surface area contributed by atoms with Gasteiger partial charge in [0.2, 0.25) is 0 Å². The third-order valence-electron chi connectivity index (χ3n) is 15.3. The van der Waals surface area contributed by atoms with Gasteiger partial charge in [-0.15, -0.1) is 47.0 Å². The Bertz CT molecular complexity index is 3590. The van der Waals surface area contributed by atoms with Gasteiger partial charge < -0.3 is 14.0 Å². The van der Waals surface area contributed by atoms with Crippen molar-refractivity contribution in [2.45, 2.75) is 117 Å². The van der Waals surface area contributed by atoms with Gasteiger partial charge in [0, 0.05) is 37.4 Å². The number of pyridine rings is 1. The number of rotatable bonds is 10. The van der Waals surface area contributed by atoms with Gasteiger partial charge in [0.1, 0.15) is 5.58 Å². The summed E-state index contributed by atoms with van der Waals surface area (Å²) < 4.78 is 9.18. The Morgan fingerprint density at radius 1 is 0.712 bits per heavy atom. The van der Waals surface area contributed by atoms with Crippen LogP contribution in [0.4, 0.5) is 0 Å². The van der Waals surface area contributed by atoms with E-state index in [4.69, 9.17) is 14.4 Å². The van der Waals surface area contributed by atoms with E-state index < -0.39 is 8.07 Å². The second kappa shape index (κ2) is 20.6. The van der Waals surface area contributed by atoms with Crippen LogP contribution in [-0.2, 0) is 32.9 Å². The summed E-state index contributed by atoms with van der Waals surface area (Å²) in [6.45, 7) is 21.1. The monoisotopic (exact) mass is 1150 g/mol. The third-order valence-corrected chi connectivity index (χ3v) is 17.3. The Labute approximate surface area is 447 Å². The van der Waals surface area contributed by atoms with Crippen LogP contribution in [0.15, 0.2) is 150 Å². The summed E-state index contributed by atoms with van der Waals surface area (Å²) in [7, 11) is -1.41. The van der Waals surface area contributed by atoms with Gasteiger partial charge in [-0.1, -0.05) is 200 Å². The molecule has 3 aromatic heterocycles. The van der Waals surface area contributed by atoms with E-state index in [0.29, 0.717) is 23.7 Å². The molecular weight excluding hydrogens is 1080 g/mol. The zero-order chi connectivity index (χ0) is 49.8. The molecule has 73 heavy (non-hydrogen) atoms. The number of para-hydroxylation sites is 3. The average Bonchev–Trinajstić information content (AvgIpc) is 4.20. The second-order valence-electron chi connectivity index (χ2n) is 22.5. The van der Waals surface area contributed by atoms with Gasteiger partial charge in [0.25, 0.3) is 0 Å². The second-order valence-corrected chi connectivity index (χ2v) is 27.5. The Morgan fingerprint density at radius 2 is 1.40 bits per heavy atom. The van der Waals surface area contributed by atoms with Crippen molar-refractivity contribution >= 4 is 46.2 Å². The Balaban J connectivity index is 0.000000187. The number of benzene rings is 7. The van der Waals surface area contributed by atoms with Crippen molar-refractivity contribution < 1.29 is 24.5 Å². The molecule has 0 aliphatic heterocycles. The topological polar surface area (TPSA) is 43.9 Å². The smallest absolute Gasteiger partial charge is 0.120 e. The molecule has 1 saturated carbocycles. The van der Waals surface area contributed by atoms with Crippen molar-refractivity contribution in [3.8, 4) is 50.6 Å². The zero-order valence-corrected chi connectivity index (χ0v) is 47.4. The van der Waals surface area contributed by atoms with Crippen LogP contribution in [0.5, 0.6) is 0 Å². The van der Waals surface area contributed by atoms with Crippen molar-refractivity contribution in [3.05, 3.63) is 191 Å². The van der Waals surface area contributed by atoms with E-state index in [2.05, 4.69) is 224 Å². The normalized spacial score (nSPS) is 13.5. The van der Waals surface area contributed by atoms with E-state index >= 15 is 0 Å². The molecule has 1 radical (unpaired) electrons. The first-order valence-electron chi connectivity index (χ1n) is 26.5. The number of imidazole rings is 1. The largest absolute Gasteiger partial charge is 0.501 e. The molecule has 2 aliphatic carbocycles. The van der Waals surface area contributed by atoms with Gasteiger partial charge in [0.05, 0.1) is 30.5 Å². The maximum atomic E-state index is 6.77. The molecule has 10 aromatic rings. The fourth-order valence-corrected chi connectivity index (χ4v) is 13.4. The fraction of sp³-hybridized carbons (Fsp3) is 0.284. The number of hydrogen-bond acceptors (Lipinski definition) is 3. The van der Waals surface area contributed by atoms with Crippen molar-refractivity contribution in [1.82, 2.24) is 14.5 Å². The molecule has 0 atom stereocenters. The standard InChI is InChI=1S/C42H39N2O.C25H28NSi.Ir/c1-26(2)34-24-30(28-14-6-5-7-15-28)25-35(27(3)4)40(34)44-37-20-12-11-19-36(37)43-42(44)33-23-22-31(29-16-8-9-17-29)39-32-18-10-13-21-38(32)45-41(33)39;1-17(2)13-19-15-24(26-16-25(19)27(3,4)5)22-12-8-11-21-20-10-7-6-9-18(20)14-23(21)22;/h5-7,10-15,18-22,24-27,29H,8-9,16-17H2,1-4H3;6-11,15-17H,13-14H2,1-5H3;/q2*-1;. The van der Waals surface area contributed by atoms with Crippen LogP contribution in [0.2, 0.25) is 19.6 Å². The molecule has 0 N–H and O–H groups in total. The van der Waals surface area contributed by atoms with Crippen LogP contribution in [-0.4, -0.2) is 22.6 Å². The van der Waals surface area contributed by atoms with E-state index in [9.17, 15) is 0 Å². The first-order chi connectivity index (χ1) is 34.8. The third kappa shape index (κ3) is 9.52. The molecule has 2 aliphatic rings. The summed E-state index contributed by atoms with van der Waals surface area (Å²) in [6.07, 6.45) is 9.28. The van der Waals surface area contributed by atoms with E-state index in [1.54, 1.807) is 0 Å². The molecule has 371 valence electrons. The zero-order valence-electron chi connectivity index (χ0n) is 44.0. The van der Waals surface area contributed by atoms with Crippen LogP contribution in [0.1, 0.15) is 118 Å². The van der Waals surface area contributed by atoms with Crippen LogP contribution in [0.25, 0.3) is 83.6 Å². The van der Waals surface area contributed by atoms with E-state index in [1.165, 1.54) is 109 Å². The maximum absolute atomic E-state index is 6.77. The Morgan fingerprint density at radius 3 is 2.12 bits per heavy atom. The number of fused-ring (bicyclic) bond motifs is 7. The SMILES string of the molecule is CC(C)Cc1cc(-c2[c-]ccc3c2Cc2ccccc2-3)ncc1[Si](C)(C)C.CC(C)c1cc(-c2ccccc2)cc(C(C)C)c1-n1c(-c2[c-]cc(C3CCCC3)c3c2oc2ccccc23)nc2ccccc21.[Ir]. The van der Waals surface area contributed by atoms with E-state index in [-0.39, 0.29) is 20.1 Å². The molecule has 7 aromatic carbocycles. The summed E-state index contributed by atoms with van der Waals surface area (Å²) in [5, 5.41) is 3.92. The quantitative estimate of drug-likeness (QED) is 0.101. The van der Waals surface area contributed by atoms with Crippen LogP contribution < -0.4 is 5.19 Å². The molecule has 6 heteroatoms. The van der Waals surface area contributed by atoms with Crippen molar-refractivity contribution in [1.29, 1.82) is 0 Å². The van der Waals surface area contributed by atoms with Crippen molar-refractivity contribution in [3.63, 3.8) is 0 Å². The van der Waals surface area contributed by atoms with Crippen molar-refractivity contribution in [2.24, 2.45) is 5.92 Å². The predicted octanol–water partition coefficient (Wildman–Crippen LogP) is 17.8. The number of nitrogens with zero attached hydrogens (tertiary/aromatic N) is 3. The summed E-state index contributed by atoms with van der Waals surface area (Å²) >= 11 is 0. The minimum absolute atomic E-state index is 0. The van der Waals surface area contributed by atoms with Crippen LogP contribution in [0, 0.1) is 18.1 Å². The molecule has 4 nitrogen and oxygen atoms in total. The first-order valence-corrected chi connectivity index (χ1v) is 30.0. The molecule has 0 spiro atoms. The fourth-order valence-electron chi connectivity index (χ4n) is 11.8. The summed E-state index contributed by atoms with van der Waals surface area (Å²) in [5.74, 6) is 2.67. The number of furan rings is 1. The van der Waals surface area contributed by atoms with Gasteiger partial charge in [-0.25, -0.2) is 0 Å². The molecular formula is C67H67IrN3OSi-2. The summed E-state index contributed by atoms with van der Waals surface area (Å²) in [6, 6.07) is 57.4. The van der Waals surface area contributed by atoms with E-state index in [1.807, 2.05) is 0 Å². The average molecular weight is 1150 g/mol. The van der Waals surface area contributed by atoms with Gasteiger partial charge >= 0.3 is 0 Å². The summed E-state index contributed by atoms with van der Waals surface area (Å²) in [5.41, 5.74) is 21.8. The van der Waals surface area contributed by atoms with Gasteiger partial charge in [0.15, 0.2) is 0 Å². The molecule has 12 rings (SSSR count). The Hall–Kier alpha value is -6.17. The van der Waals surface area contributed by atoms with Crippen molar-refractivity contribution in [2.75, 3.05) is 0 Å².